The Morgan fingerprint density at radius 2 is 1.74 bits per heavy atom. The quantitative estimate of drug-likeness (QED) is 0.266. The molecule has 2 aromatic carbocycles. The van der Waals surface area contributed by atoms with Gasteiger partial charge in [0.25, 0.3) is 0 Å². The Morgan fingerprint density at radius 1 is 1.03 bits per heavy atom. The van der Waals surface area contributed by atoms with Crippen molar-refractivity contribution in [3.63, 3.8) is 0 Å². The first-order valence-electron chi connectivity index (χ1n) is 12.9. The van der Waals surface area contributed by atoms with Gasteiger partial charge in [-0.2, -0.15) is 0 Å². The van der Waals surface area contributed by atoms with Crippen molar-refractivity contribution in [3.8, 4) is 28.9 Å². The maximum Gasteiger partial charge on any atom is 0.167 e. The first kappa shape index (κ1) is 25.7. The van der Waals surface area contributed by atoms with E-state index in [1.165, 1.54) is 0 Å². The second kappa shape index (κ2) is 12.6. The van der Waals surface area contributed by atoms with Crippen LogP contribution in [0.25, 0.3) is 11.3 Å². The van der Waals surface area contributed by atoms with Crippen LogP contribution in [0.3, 0.4) is 0 Å². The molecule has 8 heteroatoms. The van der Waals surface area contributed by atoms with Crippen LogP contribution in [0.4, 0.5) is 0 Å². The molecular formula is C30H32N4O4. The van der Waals surface area contributed by atoms with Gasteiger partial charge in [0.2, 0.25) is 0 Å². The van der Waals surface area contributed by atoms with Gasteiger partial charge in [0.05, 0.1) is 26.4 Å². The van der Waals surface area contributed by atoms with E-state index in [0.717, 1.165) is 67.4 Å². The van der Waals surface area contributed by atoms with Crippen LogP contribution in [0.5, 0.6) is 5.75 Å². The minimum absolute atomic E-state index is 0.478. The number of rotatable bonds is 9. The van der Waals surface area contributed by atoms with Crippen LogP contribution in [0.1, 0.15) is 42.1 Å². The molecule has 1 unspecified atom stereocenters. The monoisotopic (exact) mass is 512 g/mol. The molecular weight excluding hydrogens is 480 g/mol. The first-order chi connectivity index (χ1) is 18.6. The van der Waals surface area contributed by atoms with Gasteiger partial charge in [-0.05, 0) is 61.9 Å². The number of benzene rings is 2. The lowest BCUT2D eigenvalue weighted by Gasteiger charge is -2.26. The van der Waals surface area contributed by atoms with Gasteiger partial charge in [0, 0.05) is 54.8 Å². The molecule has 0 spiro atoms. The number of aliphatic hydroxyl groups excluding tert-OH is 1. The predicted octanol–water partition coefficient (Wildman–Crippen LogP) is 4.14. The van der Waals surface area contributed by atoms with Gasteiger partial charge in [-0.25, -0.2) is 4.98 Å². The van der Waals surface area contributed by atoms with E-state index in [1.54, 1.807) is 13.1 Å². The van der Waals surface area contributed by atoms with Gasteiger partial charge in [-0.15, -0.1) is 0 Å². The SMILES string of the molecule is CC(O)c1nccn1Cc1cc(-c2ccc(C#Cc3ccc(OCCCN4CCOCC4)cc3)cc2)on1. The van der Waals surface area contributed by atoms with E-state index in [1.807, 2.05) is 65.4 Å². The fourth-order valence-corrected chi connectivity index (χ4v) is 4.32. The fraction of sp³-hybridized carbons (Fsp3) is 0.333. The second-order valence-electron chi connectivity index (χ2n) is 9.28. The summed E-state index contributed by atoms with van der Waals surface area (Å²) in [6.45, 7) is 7.59. The Labute approximate surface area is 222 Å². The molecule has 4 aromatic rings. The van der Waals surface area contributed by atoms with Crippen molar-refractivity contribution >= 4 is 0 Å². The van der Waals surface area contributed by atoms with Gasteiger partial charge in [0.1, 0.15) is 23.4 Å². The van der Waals surface area contributed by atoms with Crippen LogP contribution in [-0.2, 0) is 11.3 Å². The van der Waals surface area contributed by atoms with E-state index in [4.69, 9.17) is 14.0 Å². The van der Waals surface area contributed by atoms with Crippen molar-refractivity contribution in [2.45, 2.75) is 26.0 Å². The maximum atomic E-state index is 9.84. The minimum Gasteiger partial charge on any atom is -0.494 e. The van der Waals surface area contributed by atoms with Crippen LogP contribution in [0.2, 0.25) is 0 Å². The number of hydrogen-bond donors (Lipinski definition) is 1. The third kappa shape index (κ3) is 6.90. The van der Waals surface area contributed by atoms with Crippen molar-refractivity contribution in [1.82, 2.24) is 19.6 Å². The molecule has 5 rings (SSSR count). The largest absolute Gasteiger partial charge is 0.494 e. The highest BCUT2D eigenvalue weighted by molar-refractivity contribution is 5.59. The van der Waals surface area contributed by atoms with Crippen LogP contribution < -0.4 is 4.74 Å². The zero-order valence-corrected chi connectivity index (χ0v) is 21.5. The van der Waals surface area contributed by atoms with Crippen LogP contribution >= 0.6 is 0 Å². The Bertz CT molecular complexity index is 1360. The lowest BCUT2D eigenvalue weighted by Crippen LogP contribution is -2.37. The van der Waals surface area contributed by atoms with E-state index in [2.05, 4.69) is 26.9 Å². The highest BCUT2D eigenvalue weighted by Gasteiger charge is 2.12. The van der Waals surface area contributed by atoms with Crippen molar-refractivity contribution in [2.24, 2.45) is 0 Å². The van der Waals surface area contributed by atoms with E-state index < -0.39 is 6.10 Å². The molecule has 2 aromatic heterocycles. The molecule has 0 amide bonds. The molecule has 1 aliphatic rings. The molecule has 196 valence electrons. The molecule has 1 fully saturated rings. The number of hydrogen-bond acceptors (Lipinski definition) is 7. The average Bonchev–Trinajstić information content (AvgIpc) is 3.62. The Kier molecular flexibility index (Phi) is 8.51. The summed E-state index contributed by atoms with van der Waals surface area (Å²) in [7, 11) is 0. The van der Waals surface area contributed by atoms with Crippen LogP contribution in [0, 0.1) is 11.8 Å². The third-order valence-corrected chi connectivity index (χ3v) is 6.38. The summed E-state index contributed by atoms with van der Waals surface area (Å²) < 4.78 is 18.7. The second-order valence-corrected chi connectivity index (χ2v) is 9.28. The van der Waals surface area contributed by atoms with E-state index in [9.17, 15) is 5.11 Å². The molecule has 1 atom stereocenters. The first-order valence-corrected chi connectivity index (χ1v) is 12.9. The molecule has 0 bridgehead atoms. The maximum absolute atomic E-state index is 9.84. The normalized spacial score (nSPS) is 14.6. The number of imidazole rings is 1. The molecule has 1 N–H and O–H groups in total. The number of morpholine rings is 1. The molecule has 0 radical (unpaired) electrons. The Hall–Kier alpha value is -3.90. The van der Waals surface area contributed by atoms with Gasteiger partial charge in [-0.1, -0.05) is 17.0 Å². The zero-order chi connectivity index (χ0) is 26.2. The fourth-order valence-electron chi connectivity index (χ4n) is 4.32. The van der Waals surface area contributed by atoms with Crippen molar-refractivity contribution < 1.29 is 19.1 Å². The van der Waals surface area contributed by atoms with Crippen molar-refractivity contribution in [2.75, 3.05) is 39.5 Å². The summed E-state index contributed by atoms with van der Waals surface area (Å²) in [5.41, 5.74) is 3.53. The highest BCUT2D eigenvalue weighted by Crippen LogP contribution is 2.22. The summed E-state index contributed by atoms with van der Waals surface area (Å²) in [6.07, 6.45) is 3.84. The average molecular weight is 513 g/mol. The van der Waals surface area contributed by atoms with Gasteiger partial charge in [0.15, 0.2) is 5.76 Å². The topological polar surface area (TPSA) is 85.8 Å². The molecule has 1 saturated heterocycles. The van der Waals surface area contributed by atoms with Crippen molar-refractivity contribution in [1.29, 1.82) is 0 Å². The number of aromatic nitrogens is 3. The lowest BCUT2D eigenvalue weighted by molar-refractivity contribution is 0.0358. The molecule has 0 aliphatic carbocycles. The lowest BCUT2D eigenvalue weighted by atomic mass is 10.1. The van der Waals surface area contributed by atoms with Crippen LogP contribution in [-0.4, -0.2) is 64.2 Å². The van der Waals surface area contributed by atoms with Crippen molar-refractivity contribution in [3.05, 3.63) is 89.6 Å². The minimum atomic E-state index is -0.646. The molecule has 0 saturated carbocycles. The van der Waals surface area contributed by atoms with Crippen LogP contribution in [0.15, 0.2) is 71.5 Å². The smallest absolute Gasteiger partial charge is 0.167 e. The summed E-state index contributed by atoms with van der Waals surface area (Å²) in [4.78, 5) is 6.61. The third-order valence-electron chi connectivity index (χ3n) is 6.38. The number of aliphatic hydroxyl groups is 1. The Morgan fingerprint density at radius 3 is 2.45 bits per heavy atom. The predicted molar refractivity (Wildman–Crippen MR) is 144 cm³/mol. The van der Waals surface area contributed by atoms with Gasteiger partial charge in [-0.3, -0.25) is 4.90 Å². The van der Waals surface area contributed by atoms with Gasteiger partial charge < -0.3 is 23.7 Å². The molecule has 1 aliphatic heterocycles. The number of ether oxygens (including phenoxy) is 2. The summed E-state index contributed by atoms with van der Waals surface area (Å²) >= 11 is 0. The van der Waals surface area contributed by atoms with E-state index >= 15 is 0 Å². The molecule has 8 nitrogen and oxygen atoms in total. The zero-order valence-electron chi connectivity index (χ0n) is 21.5. The molecule has 38 heavy (non-hydrogen) atoms. The summed E-state index contributed by atoms with van der Waals surface area (Å²) in [5, 5.41) is 14.0. The summed E-state index contributed by atoms with van der Waals surface area (Å²) in [5.74, 6) is 8.56. The molecule has 3 heterocycles. The standard InChI is InChI=1S/C30H32N4O4/c1-23(35)30-31-13-15-34(30)22-27-21-29(38-32-27)26-9-5-24(6-10-26)3-4-25-7-11-28(12-8-25)37-18-2-14-33-16-19-36-20-17-33/h5-13,15,21,23,35H,2,14,16-20,22H2,1H3. The van der Waals surface area contributed by atoms with Gasteiger partial charge >= 0.3 is 0 Å². The van der Waals surface area contributed by atoms with E-state index in [0.29, 0.717) is 24.7 Å². The van der Waals surface area contributed by atoms with E-state index in [-0.39, 0.29) is 0 Å². The Balaban J connectivity index is 1.12. The number of nitrogens with zero attached hydrogens (tertiary/aromatic N) is 4. The summed E-state index contributed by atoms with van der Waals surface area (Å²) in [6, 6.07) is 17.7. The highest BCUT2D eigenvalue weighted by atomic mass is 16.5.